The van der Waals surface area contributed by atoms with Gasteiger partial charge in [0.25, 0.3) is 0 Å². The molecule has 0 bridgehead atoms. The van der Waals surface area contributed by atoms with Crippen LogP contribution in [-0.2, 0) is 6.42 Å². The molecule has 1 rings (SSSR count). The quantitative estimate of drug-likeness (QED) is 0.581. The Morgan fingerprint density at radius 2 is 1.94 bits per heavy atom. The molecule has 0 amide bonds. The third-order valence-corrected chi connectivity index (χ3v) is 3.05. The molecule has 1 aromatic carbocycles. The topological polar surface area (TPSA) is 38.0 Å². The highest BCUT2D eigenvalue weighted by Crippen LogP contribution is 2.15. The third kappa shape index (κ3) is 5.10. The number of rotatable bonds is 7. The van der Waals surface area contributed by atoms with Gasteiger partial charge in [0.05, 0.1) is 0 Å². The molecule has 3 N–H and O–H groups in total. The monoisotopic (exact) mass is 256 g/mol. The highest BCUT2D eigenvalue weighted by molar-refractivity contribution is 5.19. The molecule has 0 aromatic heterocycles. The molecule has 0 saturated carbocycles. The van der Waals surface area contributed by atoms with Crippen molar-refractivity contribution in [3.05, 3.63) is 35.4 Å². The zero-order chi connectivity index (χ0) is 13.5. The van der Waals surface area contributed by atoms with Crippen molar-refractivity contribution in [3.63, 3.8) is 0 Å². The Morgan fingerprint density at radius 3 is 2.50 bits per heavy atom. The van der Waals surface area contributed by atoms with Crippen molar-refractivity contribution in [1.82, 2.24) is 5.43 Å². The third-order valence-electron chi connectivity index (χ3n) is 3.05. The van der Waals surface area contributed by atoms with Crippen LogP contribution in [0.1, 0.15) is 38.7 Å². The fourth-order valence-electron chi connectivity index (χ4n) is 1.97. The minimum Gasteiger partial charge on any atom is -0.271 e. The molecule has 1 aromatic rings. The first-order valence-corrected chi connectivity index (χ1v) is 6.43. The summed E-state index contributed by atoms with van der Waals surface area (Å²) in [6.07, 6.45) is 3.56. The van der Waals surface area contributed by atoms with Crippen molar-refractivity contribution in [1.29, 1.82) is 0 Å². The maximum Gasteiger partial charge on any atom is 0.129 e. The van der Waals surface area contributed by atoms with E-state index in [2.05, 4.69) is 19.3 Å². The normalized spacial score (nSPS) is 13.0. The Bertz CT molecular complexity index is 367. The van der Waals surface area contributed by atoms with Crippen LogP contribution in [0.3, 0.4) is 0 Å². The van der Waals surface area contributed by atoms with Gasteiger partial charge in [0, 0.05) is 12.1 Å². The number of hydrogen-bond acceptors (Lipinski definition) is 2. The Labute approximate surface area is 108 Å². The van der Waals surface area contributed by atoms with Gasteiger partial charge >= 0.3 is 0 Å². The van der Waals surface area contributed by atoms with E-state index in [9.17, 15) is 8.78 Å². The maximum absolute atomic E-state index is 13.5. The second-order valence-corrected chi connectivity index (χ2v) is 5.13. The highest BCUT2D eigenvalue weighted by atomic mass is 19.1. The summed E-state index contributed by atoms with van der Waals surface area (Å²) in [5, 5.41) is 0. The molecule has 0 spiro atoms. The first kappa shape index (κ1) is 15.1. The molecule has 2 nitrogen and oxygen atoms in total. The zero-order valence-electron chi connectivity index (χ0n) is 11.0. The van der Waals surface area contributed by atoms with E-state index in [0.717, 1.165) is 25.3 Å². The molecule has 1 atom stereocenters. The molecule has 0 aliphatic carbocycles. The lowest BCUT2D eigenvalue weighted by molar-refractivity contribution is 0.435. The van der Waals surface area contributed by atoms with Crippen molar-refractivity contribution >= 4 is 0 Å². The molecule has 4 heteroatoms. The van der Waals surface area contributed by atoms with Crippen LogP contribution in [0.2, 0.25) is 0 Å². The number of benzene rings is 1. The summed E-state index contributed by atoms with van der Waals surface area (Å²) in [6, 6.07) is 3.71. The van der Waals surface area contributed by atoms with Crippen LogP contribution in [0.15, 0.2) is 18.2 Å². The summed E-state index contributed by atoms with van der Waals surface area (Å²) in [5.41, 5.74) is 3.21. The van der Waals surface area contributed by atoms with Crippen molar-refractivity contribution < 1.29 is 8.78 Å². The van der Waals surface area contributed by atoms with Gasteiger partial charge in [0.2, 0.25) is 0 Å². The van der Waals surface area contributed by atoms with Gasteiger partial charge in [-0.3, -0.25) is 11.3 Å². The average molecular weight is 256 g/mol. The number of nitrogens with one attached hydrogen (secondary N) is 1. The van der Waals surface area contributed by atoms with Gasteiger partial charge in [-0.15, -0.1) is 0 Å². The fraction of sp³-hybridized carbons (Fsp3) is 0.571. The molecular weight excluding hydrogens is 234 g/mol. The summed E-state index contributed by atoms with van der Waals surface area (Å²) >= 11 is 0. The molecule has 0 fully saturated rings. The first-order valence-electron chi connectivity index (χ1n) is 6.43. The number of halogens is 2. The molecule has 0 radical (unpaired) electrons. The van der Waals surface area contributed by atoms with Gasteiger partial charge in [-0.25, -0.2) is 8.78 Å². The minimum absolute atomic E-state index is 0.0312. The van der Waals surface area contributed by atoms with E-state index in [-0.39, 0.29) is 6.04 Å². The van der Waals surface area contributed by atoms with E-state index in [1.165, 1.54) is 12.1 Å². The van der Waals surface area contributed by atoms with Crippen LogP contribution >= 0.6 is 0 Å². The van der Waals surface area contributed by atoms with Crippen LogP contribution in [-0.4, -0.2) is 6.04 Å². The molecule has 0 heterocycles. The van der Waals surface area contributed by atoms with E-state index in [4.69, 9.17) is 5.84 Å². The maximum atomic E-state index is 13.5. The molecule has 18 heavy (non-hydrogen) atoms. The largest absolute Gasteiger partial charge is 0.271 e. The predicted octanol–water partition coefficient (Wildman–Crippen LogP) is 3.17. The SMILES string of the molecule is CC(C)CCCC(Cc1ccc(F)cc1F)NN. The van der Waals surface area contributed by atoms with Gasteiger partial charge in [-0.05, 0) is 30.4 Å². The summed E-state index contributed by atoms with van der Waals surface area (Å²) < 4.78 is 26.3. The van der Waals surface area contributed by atoms with Gasteiger partial charge in [-0.2, -0.15) is 0 Å². The second kappa shape index (κ2) is 7.44. The lowest BCUT2D eigenvalue weighted by Crippen LogP contribution is -2.37. The van der Waals surface area contributed by atoms with Crippen LogP contribution < -0.4 is 11.3 Å². The lowest BCUT2D eigenvalue weighted by atomic mass is 9.98. The summed E-state index contributed by atoms with van der Waals surface area (Å²) in [6.45, 7) is 4.34. The molecule has 102 valence electrons. The van der Waals surface area contributed by atoms with Gasteiger partial charge < -0.3 is 0 Å². The Morgan fingerprint density at radius 1 is 1.22 bits per heavy atom. The molecule has 0 aliphatic heterocycles. The Kier molecular flexibility index (Phi) is 6.22. The first-order chi connectivity index (χ1) is 8.52. The van der Waals surface area contributed by atoms with Gasteiger partial charge in [0.15, 0.2) is 0 Å². The number of hydrazine groups is 1. The van der Waals surface area contributed by atoms with E-state index in [0.29, 0.717) is 17.9 Å². The highest BCUT2D eigenvalue weighted by Gasteiger charge is 2.11. The van der Waals surface area contributed by atoms with E-state index in [1.54, 1.807) is 0 Å². The predicted molar refractivity (Wildman–Crippen MR) is 69.9 cm³/mol. The summed E-state index contributed by atoms with van der Waals surface area (Å²) in [7, 11) is 0. The Hall–Kier alpha value is -1.00. The lowest BCUT2D eigenvalue weighted by Gasteiger charge is -2.16. The average Bonchev–Trinajstić information content (AvgIpc) is 2.30. The van der Waals surface area contributed by atoms with E-state index >= 15 is 0 Å². The van der Waals surface area contributed by atoms with Gasteiger partial charge in [0.1, 0.15) is 11.6 Å². The van der Waals surface area contributed by atoms with Crippen LogP contribution in [0.5, 0.6) is 0 Å². The van der Waals surface area contributed by atoms with Crippen molar-refractivity contribution in [2.75, 3.05) is 0 Å². The van der Waals surface area contributed by atoms with Crippen LogP contribution in [0.25, 0.3) is 0 Å². The number of hydrogen-bond donors (Lipinski definition) is 2. The van der Waals surface area contributed by atoms with Gasteiger partial charge in [-0.1, -0.05) is 32.8 Å². The minimum atomic E-state index is -0.548. The fourth-order valence-corrected chi connectivity index (χ4v) is 1.97. The second-order valence-electron chi connectivity index (χ2n) is 5.13. The van der Waals surface area contributed by atoms with E-state index in [1.807, 2.05) is 0 Å². The molecule has 0 saturated heterocycles. The van der Waals surface area contributed by atoms with Crippen molar-refractivity contribution in [2.45, 2.75) is 45.6 Å². The Balaban J connectivity index is 2.51. The molecule has 0 aliphatic rings. The van der Waals surface area contributed by atoms with Crippen LogP contribution in [0.4, 0.5) is 8.78 Å². The summed E-state index contributed by atoms with van der Waals surface area (Å²) in [5.74, 6) is 5.08. The van der Waals surface area contributed by atoms with Crippen molar-refractivity contribution in [3.8, 4) is 0 Å². The summed E-state index contributed by atoms with van der Waals surface area (Å²) in [4.78, 5) is 0. The van der Waals surface area contributed by atoms with E-state index < -0.39 is 11.6 Å². The molecular formula is C14H22F2N2. The standard InChI is InChI=1S/C14H22F2N2/c1-10(2)4-3-5-13(18-17)8-11-6-7-12(15)9-14(11)16/h6-7,9-10,13,18H,3-5,8,17H2,1-2H3. The smallest absolute Gasteiger partial charge is 0.129 e. The van der Waals surface area contributed by atoms with Crippen LogP contribution in [0, 0.1) is 17.6 Å². The molecule has 1 unspecified atom stereocenters. The van der Waals surface area contributed by atoms with Crippen molar-refractivity contribution in [2.24, 2.45) is 11.8 Å². The zero-order valence-corrected chi connectivity index (χ0v) is 11.0. The number of nitrogens with two attached hydrogens (primary N) is 1.